The molecule has 4 heteroatoms. The number of rotatable bonds is 7. The number of aliphatic hydroxyl groups is 2. The third kappa shape index (κ3) is 5.13. The standard InChI is InChI=1S/C18H24O4/c1-12(10-19)4-6-15-8-17(14(3)21)9-16(18(15)22)7-5-13(2)11-20/h4-5,8-9,19-20,22H,6-7,10-11H2,1-3H3/b12-4-,13-5+. The molecule has 0 atom stereocenters. The Labute approximate surface area is 131 Å². The molecule has 0 spiro atoms. The number of carbonyl (C=O) groups excluding carboxylic acids is 1. The largest absolute Gasteiger partial charge is 0.507 e. The van der Waals surface area contributed by atoms with Gasteiger partial charge >= 0.3 is 0 Å². The van der Waals surface area contributed by atoms with Crippen LogP contribution in [0.3, 0.4) is 0 Å². The number of hydrogen-bond donors (Lipinski definition) is 3. The summed E-state index contributed by atoms with van der Waals surface area (Å²) < 4.78 is 0. The molecule has 1 aromatic carbocycles. The summed E-state index contributed by atoms with van der Waals surface area (Å²) in [6.07, 6.45) is 4.57. The number of allylic oxidation sites excluding steroid dienone is 2. The average molecular weight is 304 g/mol. The zero-order valence-corrected chi connectivity index (χ0v) is 13.4. The van der Waals surface area contributed by atoms with E-state index in [1.54, 1.807) is 26.0 Å². The first kappa shape index (κ1) is 18.1. The number of phenolic OH excluding ortho intramolecular Hbond substituents is 1. The van der Waals surface area contributed by atoms with E-state index in [4.69, 9.17) is 10.2 Å². The van der Waals surface area contributed by atoms with Crippen molar-refractivity contribution in [3.63, 3.8) is 0 Å². The number of ketones is 1. The van der Waals surface area contributed by atoms with E-state index < -0.39 is 0 Å². The van der Waals surface area contributed by atoms with Crippen molar-refractivity contribution >= 4 is 5.78 Å². The van der Waals surface area contributed by atoms with Crippen LogP contribution < -0.4 is 0 Å². The van der Waals surface area contributed by atoms with E-state index in [2.05, 4.69) is 0 Å². The van der Waals surface area contributed by atoms with Crippen LogP contribution in [-0.2, 0) is 12.8 Å². The Balaban J connectivity index is 3.20. The molecule has 4 nitrogen and oxygen atoms in total. The van der Waals surface area contributed by atoms with E-state index in [1.807, 2.05) is 12.2 Å². The van der Waals surface area contributed by atoms with Crippen LogP contribution in [0.2, 0.25) is 0 Å². The Hall–Kier alpha value is -1.91. The van der Waals surface area contributed by atoms with Crippen molar-refractivity contribution in [1.82, 2.24) is 0 Å². The third-order valence-electron chi connectivity index (χ3n) is 3.51. The Morgan fingerprint density at radius 3 is 1.68 bits per heavy atom. The van der Waals surface area contributed by atoms with Crippen LogP contribution in [-0.4, -0.2) is 34.3 Å². The number of Topliss-reactive ketones (excluding diaryl/α,β-unsaturated/α-hetero) is 1. The minimum atomic E-state index is -0.0618. The normalized spacial score (nSPS) is 12.6. The predicted octanol–water partition coefficient (Wildman–Crippen LogP) is 2.56. The van der Waals surface area contributed by atoms with Gasteiger partial charge in [-0.05, 0) is 56.9 Å². The molecule has 0 amide bonds. The second kappa shape index (κ2) is 8.51. The summed E-state index contributed by atoms with van der Waals surface area (Å²) in [5.41, 5.74) is 3.49. The van der Waals surface area contributed by atoms with Gasteiger partial charge < -0.3 is 15.3 Å². The van der Waals surface area contributed by atoms with Gasteiger partial charge in [0, 0.05) is 5.56 Å². The minimum absolute atomic E-state index is 0.0293. The van der Waals surface area contributed by atoms with Gasteiger partial charge in [0.05, 0.1) is 13.2 Å². The lowest BCUT2D eigenvalue weighted by molar-refractivity contribution is 0.101. The van der Waals surface area contributed by atoms with Crippen LogP contribution in [0.15, 0.2) is 35.4 Å². The van der Waals surface area contributed by atoms with E-state index in [0.717, 1.165) is 11.1 Å². The van der Waals surface area contributed by atoms with Crippen molar-refractivity contribution in [3.05, 3.63) is 52.1 Å². The van der Waals surface area contributed by atoms with E-state index in [-0.39, 0.29) is 24.7 Å². The molecule has 0 aliphatic rings. The van der Waals surface area contributed by atoms with Gasteiger partial charge in [-0.2, -0.15) is 0 Å². The van der Waals surface area contributed by atoms with Gasteiger partial charge in [0.25, 0.3) is 0 Å². The van der Waals surface area contributed by atoms with E-state index in [1.165, 1.54) is 6.92 Å². The van der Waals surface area contributed by atoms with Crippen LogP contribution in [0.4, 0.5) is 0 Å². The zero-order valence-electron chi connectivity index (χ0n) is 13.4. The number of hydrogen-bond acceptors (Lipinski definition) is 4. The number of phenols is 1. The summed E-state index contributed by atoms with van der Waals surface area (Å²) >= 11 is 0. The van der Waals surface area contributed by atoms with Gasteiger partial charge in [-0.3, -0.25) is 4.79 Å². The van der Waals surface area contributed by atoms with Crippen LogP contribution in [0.1, 0.15) is 42.3 Å². The molecule has 0 heterocycles. The summed E-state index contributed by atoms with van der Waals surface area (Å²) in [6.45, 7) is 5.04. The van der Waals surface area contributed by atoms with Gasteiger partial charge in [-0.15, -0.1) is 0 Å². The fourth-order valence-corrected chi connectivity index (χ4v) is 1.97. The van der Waals surface area contributed by atoms with Crippen LogP contribution >= 0.6 is 0 Å². The highest BCUT2D eigenvalue weighted by molar-refractivity contribution is 5.94. The third-order valence-corrected chi connectivity index (χ3v) is 3.51. The topological polar surface area (TPSA) is 77.8 Å². The lowest BCUT2D eigenvalue weighted by atomic mass is 9.97. The van der Waals surface area contributed by atoms with Crippen molar-refractivity contribution in [2.45, 2.75) is 33.6 Å². The van der Waals surface area contributed by atoms with Crippen molar-refractivity contribution in [2.24, 2.45) is 0 Å². The van der Waals surface area contributed by atoms with Crippen molar-refractivity contribution in [3.8, 4) is 5.75 Å². The highest BCUT2D eigenvalue weighted by Crippen LogP contribution is 2.27. The Morgan fingerprint density at radius 1 is 0.955 bits per heavy atom. The molecule has 120 valence electrons. The first-order chi connectivity index (χ1) is 10.4. The van der Waals surface area contributed by atoms with E-state index >= 15 is 0 Å². The summed E-state index contributed by atoms with van der Waals surface area (Å²) in [6, 6.07) is 3.37. The fraction of sp³-hybridized carbons (Fsp3) is 0.389. The maximum absolute atomic E-state index is 11.7. The summed E-state index contributed by atoms with van der Waals surface area (Å²) in [5, 5.41) is 28.4. The maximum Gasteiger partial charge on any atom is 0.159 e. The Bertz CT molecular complexity index is 554. The average Bonchev–Trinajstić information content (AvgIpc) is 2.51. The number of aromatic hydroxyl groups is 1. The Morgan fingerprint density at radius 2 is 1.36 bits per heavy atom. The molecule has 0 saturated heterocycles. The molecule has 0 bridgehead atoms. The second-order valence-electron chi connectivity index (χ2n) is 5.52. The zero-order chi connectivity index (χ0) is 16.7. The van der Waals surface area contributed by atoms with Crippen molar-refractivity contribution in [2.75, 3.05) is 13.2 Å². The molecule has 0 radical (unpaired) electrons. The minimum Gasteiger partial charge on any atom is -0.507 e. The molecule has 0 aromatic heterocycles. The second-order valence-corrected chi connectivity index (χ2v) is 5.52. The molecule has 1 rings (SSSR count). The molecular formula is C18H24O4. The molecular weight excluding hydrogens is 280 g/mol. The van der Waals surface area contributed by atoms with Gasteiger partial charge in [-0.25, -0.2) is 0 Å². The number of carbonyl (C=O) groups is 1. The smallest absolute Gasteiger partial charge is 0.159 e. The van der Waals surface area contributed by atoms with Gasteiger partial charge in [0.1, 0.15) is 5.75 Å². The quantitative estimate of drug-likeness (QED) is 0.534. The predicted molar refractivity (Wildman–Crippen MR) is 87.2 cm³/mol. The lowest BCUT2D eigenvalue weighted by Crippen LogP contribution is -1.99. The van der Waals surface area contributed by atoms with Crippen LogP contribution in [0.25, 0.3) is 0 Å². The summed E-state index contributed by atoms with van der Waals surface area (Å²) in [4.78, 5) is 11.7. The van der Waals surface area contributed by atoms with E-state index in [0.29, 0.717) is 29.5 Å². The SMILES string of the molecule is CC(=O)c1cc(C/C=C(/C)CO)c(O)c(C/C=C(\C)CO)c1. The molecule has 0 aliphatic heterocycles. The molecule has 1 aromatic rings. The molecule has 0 saturated carbocycles. The van der Waals surface area contributed by atoms with Crippen LogP contribution in [0.5, 0.6) is 5.75 Å². The highest BCUT2D eigenvalue weighted by atomic mass is 16.3. The van der Waals surface area contributed by atoms with Gasteiger partial charge in [0.15, 0.2) is 5.78 Å². The molecule has 0 fully saturated rings. The summed E-state index contributed by atoms with van der Waals surface area (Å²) in [5.74, 6) is 0.0993. The fourth-order valence-electron chi connectivity index (χ4n) is 1.97. The monoisotopic (exact) mass is 304 g/mol. The molecule has 0 unspecified atom stereocenters. The maximum atomic E-state index is 11.7. The van der Waals surface area contributed by atoms with Gasteiger partial charge in [0.2, 0.25) is 0 Å². The van der Waals surface area contributed by atoms with E-state index in [9.17, 15) is 9.90 Å². The molecule has 0 aliphatic carbocycles. The lowest BCUT2D eigenvalue weighted by Gasteiger charge is -2.11. The van der Waals surface area contributed by atoms with Crippen LogP contribution in [0, 0.1) is 0 Å². The highest BCUT2D eigenvalue weighted by Gasteiger charge is 2.11. The van der Waals surface area contributed by atoms with Crippen molar-refractivity contribution < 1.29 is 20.1 Å². The number of benzene rings is 1. The molecule has 22 heavy (non-hydrogen) atoms. The molecule has 3 N–H and O–H groups in total. The Kier molecular flexibility index (Phi) is 7.02. The number of aliphatic hydroxyl groups excluding tert-OH is 2. The first-order valence-corrected chi connectivity index (χ1v) is 7.27. The van der Waals surface area contributed by atoms with Crippen molar-refractivity contribution in [1.29, 1.82) is 0 Å². The summed E-state index contributed by atoms with van der Waals surface area (Å²) in [7, 11) is 0. The first-order valence-electron chi connectivity index (χ1n) is 7.27. The van der Waals surface area contributed by atoms with Gasteiger partial charge in [-0.1, -0.05) is 23.3 Å².